The van der Waals surface area contributed by atoms with E-state index in [1.54, 1.807) is 4.90 Å². The van der Waals surface area contributed by atoms with Crippen molar-refractivity contribution in [3.05, 3.63) is 30.0 Å². The van der Waals surface area contributed by atoms with Crippen molar-refractivity contribution in [1.82, 2.24) is 20.4 Å². The summed E-state index contributed by atoms with van der Waals surface area (Å²) >= 11 is 0. The van der Waals surface area contributed by atoms with Gasteiger partial charge in [-0.15, -0.1) is 0 Å². The number of rotatable bonds is 2. The average Bonchev–Trinajstić information content (AvgIpc) is 3.04. The van der Waals surface area contributed by atoms with E-state index in [1.807, 2.05) is 24.3 Å². The Bertz CT molecular complexity index is 656. The van der Waals surface area contributed by atoms with E-state index in [9.17, 15) is 4.79 Å². The smallest absolute Gasteiger partial charge is 0.272 e. The molecule has 96 valence electrons. The highest BCUT2D eigenvalue weighted by Crippen LogP contribution is 2.16. The lowest BCUT2D eigenvalue weighted by Crippen LogP contribution is -2.36. The largest absolute Gasteiger partial charge is 0.346 e. The van der Waals surface area contributed by atoms with Gasteiger partial charge in [-0.2, -0.15) is 10.4 Å². The topological polar surface area (TPSA) is 84.8 Å². The highest BCUT2D eigenvalue weighted by Gasteiger charge is 2.24. The molecule has 1 saturated heterocycles. The number of para-hydroxylation sites is 1. The summed E-state index contributed by atoms with van der Waals surface area (Å²) in [4.78, 5) is 13.8. The Morgan fingerprint density at radius 3 is 3.16 bits per heavy atom. The highest BCUT2D eigenvalue weighted by atomic mass is 16.2. The first kappa shape index (κ1) is 11.5. The summed E-state index contributed by atoms with van der Waals surface area (Å²) in [6, 6.07) is 7.53. The summed E-state index contributed by atoms with van der Waals surface area (Å²) in [5, 5.41) is 19.4. The first-order valence-corrected chi connectivity index (χ1v) is 6.16. The minimum absolute atomic E-state index is 0.0163. The zero-order chi connectivity index (χ0) is 13.2. The monoisotopic (exact) mass is 255 g/mol. The predicted molar refractivity (Wildman–Crippen MR) is 69.2 cm³/mol. The lowest BCUT2D eigenvalue weighted by molar-refractivity contribution is 0.0935. The summed E-state index contributed by atoms with van der Waals surface area (Å²) in [6.07, 6.45) is 2.89. The molecule has 1 amide bonds. The number of nitriles is 1. The summed E-state index contributed by atoms with van der Waals surface area (Å²) in [7, 11) is 0. The van der Waals surface area contributed by atoms with Crippen LogP contribution in [0.2, 0.25) is 0 Å². The van der Waals surface area contributed by atoms with Gasteiger partial charge in [0.25, 0.3) is 5.91 Å². The van der Waals surface area contributed by atoms with Gasteiger partial charge in [-0.05, 0) is 12.5 Å². The number of nitrogens with one attached hydrogen (secondary N) is 2. The number of carbonyl (C=O) groups excluding carboxylic acids is 1. The molecule has 0 aliphatic carbocycles. The third kappa shape index (κ3) is 2.10. The molecule has 19 heavy (non-hydrogen) atoms. The standard InChI is InChI=1S/C13H13N5O/c14-8-18-6-5-9(7-18)15-13(19)12-10-3-1-2-4-11(10)16-17-12/h1-4,9H,5-7H2,(H,15,19)(H,16,17)/t9-/m1/s1. The molecular formula is C13H13N5O. The molecule has 1 aromatic heterocycles. The van der Waals surface area contributed by atoms with E-state index in [4.69, 9.17) is 5.26 Å². The van der Waals surface area contributed by atoms with Crippen LogP contribution in [-0.4, -0.2) is 40.1 Å². The molecule has 0 spiro atoms. The summed E-state index contributed by atoms with van der Waals surface area (Å²) in [5.41, 5.74) is 1.25. The maximum Gasteiger partial charge on any atom is 0.272 e. The Balaban J connectivity index is 1.76. The number of benzene rings is 1. The molecule has 0 bridgehead atoms. The van der Waals surface area contributed by atoms with Gasteiger partial charge < -0.3 is 10.2 Å². The quantitative estimate of drug-likeness (QED) is 0.779. The van der Waals surface area contributed by atoms with Crippen LogP contribution in [0.15, 0.2) is 24.3 Å². The van der Waals surface area contributed by atoms with Gasteiger partial charge in [0.05, 0.1) is 5.52 Å². The van der Waals surface area contributed by atoms with Crippen LogP contribution in [-0.2, 0) is 0 Å². The summed E-state index contributed by atoms with van der Waals surface area (Å²) in [6.45, 7) is 1.27. The van der Waals surface area contributed by atoms with E-state index in [1.165, 1.54) is 0 Å². The maximum atomic E-state index is 12.2. The molecule has 0 unspecified atom stereocenters. The van der Waals surface area contributed by atoms with Crippen molar-refractivity contribution >= 4 is 16.8 Å². The van der Waals surface area contributed by atoms with E-state index in [2.05, 4.69) is 21.7 Å². The molecule has 1 aromatic carbocycles. The van der Waals surface area contributed by atoms with Crippen molar-refractivity contribution < 1.29 is 4.79 Å². The summed E-state index contributed by atoms with van der Waals surface area (Å²) in [5.74, 6) is -0.192. The van der Waals surface area contributed by atoms with Crippen LogP contribution in [0.1, 0.15) is 16.9 Å². The number of fused-ring (bicyclic) bond motifs is 1. The van der Waals surface area contributed by atoms with Crippen LogP contribution < -0.4 is 5.32 Å². The van der Waals surface area contributed by atoms with Gasteiger partial charge in [-0.25, -0.2) is 0 Å². The minimum Gasteiger partial charge on any atom is -0.346 e. The number of amides is 1. The zero-order valence-electron chi connectivity index (χ0n) is 10.3. The van der Waals surface area contributed by atoms with Gasteiger partial charge in [0.15, 0.2) is 11.9 Å². The number of hydrogen-bond donors (Lipinski definition) is 2. The molecule has 1 aliphatic rings. The third-order valence-corrected chi connectivity index (χ3v) is 3.35. The first-order chi connectivity index (χ1) is 9.28. The lowest BCUT2D eigenvalue weighted by Gasteiger charge is -2.11. The Labute approximate surface area is 110 Å². The zero-order valence-corrected chi connectivity index (χ0v) is 10.3. The van der Waals surface area contributed by atoms with Gasteiger partial charge in [0.2, 0.25) is 0 Å². The van der Waals surface area contributed by atoms with E-state index >= 15 is 0 Å². The molecule has 3 rings (SSSR count). The van der Waals surface area contributed by atoms with Crippen LogP contribution in [0.3, 0.4) is 0 Å². The van der Waals surface area contributed by atoms with E-state index in [-0.39, 0.29) is 11.9 Å². The normalized spacial score (nSPS) is 18.5. The molecule has 2 aromatic rings. The summed E-state index contributed by atoms with van der Waals surface area (Å²) < 4.78 is 0. The Hall–Kier alpha value is -2.55. The molecule has 1 atom stereocenters. The van der Waals surface area contributed by atoms with Gasteiger partial charge in [-0.1, -0.05) is 18.2 Å². The van der Waals surface area contributed by atoms with Crippen molar-refractivity contribution in [3.63, 3.8) is 0 Å². The van der Waals surface area contributed by atoms with Crippen molar-refractivity contribution in [3.8, 4) is 6.19 Å². The van der Waals surface area contributed by atoms with Crippen LogP contribution in [0, 0.1) is 11.5 Å². The highest BCUT2D eigenvalue weighted by molar-refractivity contribution is 6.04. The molecule has 2 N–H and O–H groups in total. The van der Waals surface area contributed by atoms with Gasteiger partial charge in [0.1, 0.15) is 0 Å². The molecule has 6 nitrogen and oxygen atoms in total. The molecule has 1 aliphatic heterocycles. The molecular weight excluding hydrogens is 242 g/mol. The molecule has 2 heterocycles. The number of carbonyl (C=O) groups is 1. The number of likely N-dealkylation sites (tertiary alicyclic amines) is 1. The lowest BCUT2D eigenvalue weighted by atomic mass is 10.2. The van der Waals surface area contributed by atoms with Crippen LogP contribution in [0.5, 0.6) is 0 Å². The van der Waals surface area contributed by atoms with Gasteiger partial charge in [0, 0.05) is 24.5 Å². The van der Waals surface area contributed by atoms with E-state index < -0.39 is 0 Å². The van der Waals surface area contributed by atoms with Crippen molar-refractivity contribution in [2.45, 2.75) is 12.5 Å². The average molecular weight is 255 g/mol. The number of aromatic nitrogens is 2. The second-order valence-corrected chi connectivity index (χ2v) is 4.62. The van der Waals surface area contributed by atoms with Crippen molar-refractivity contribution in [2.24, 2.45) is 0 Å². The first-order valence-electron chi connectivity index (χ1n) is 6.16. The Kier molecular flexibility index (Phi) is 2.80. The Morgan fingerprint density at radius 2 is 2.37 bits per heavy atom. The number of H-pyrrole nitrogens is 1. The van der Waals surface area contributed by atoms with Crippen LogP contribution in [0.4, 0.5) is 0 Å². The number of nitrogens with zero attached hydrogens (tertiary/aromatic N) is 3. The SMILES string of the molecule is N#CN1CC[C@@H](NC(=O)c2n[nH]c3ccccc23)C1. The number of hydrogen-bond acceptors (Lipinski definition) is 4. The fraction of sp³-hybridized carbons (Fsp3) is 0.308. The second kappa shape index (κ2) is 4.61. The van der Waals surface area contributed by atoms with Crippen molar-refractivity contribution in [1.29, 1.82) is 5.26 Å². The molecule has 6 heteroatoms. The fourth-order valence-corrected chi connectivity index (χ4v) is 2.36. The third-order valence-electron chi connectivity index (χ3n) is 3.35. The molecule has 0 saturated carbocycles. The minimum atomic E-state index is -0.192. The van der Waals surface area contributed by atoms with Gasteiger partial charge in [-0.3, -0.25) is 9.89 Å². The fourth-order valence-electron chi connectivity index (χ4n) is 2.36. The Morgan fingerprint density at radius 1 is 1.53 bits per heavy atom. The molecule has 1 fully saturated rings. The van der Waals surface area contributed by atoms with Gasteiger partial charge >= 0.3 is 0 Å². The predicted octanol–water partition coefficient (Wildman–Crippen LogP) is 0.848. The van der Waals surface area contributed by atoms with E-state index in [0.717, 1.165) is 17.3 Å². The van der Waals surface area contributed by atoms with Crippen LogP contribution >= 0.6 is 0 Å². The van der Waals surface area contributed by atoms with Crippen LogP contribution in [0.25, 0.3) is 10.9 Å². The van der Waals surface area contributed by atoms with Crippen molar-refractivity contribution in [2.75, 3.05) is 13.1 Å². The maximum absolute atomic E-state index is 12.2. The van der Waals surface area contributed by atoms with E-state index in [0.29, 0.717) is 18.8 Å². The second-order valence-electron chi connectivity index (χ2n) is 4.62. The molecule has 0 radical (unpaired) electrons. The number of aromatic amines is 1.